The maximum Gasteiger partial charge on any atom is 0.231 e. The van der Waals surface area contributed by atoms with Crippen LogP contribution in [0.1, 0.15) is 36.0 Å². The Morgan fingerprint density at radius 2 is 1.89 bits per heavy atom. The van der Waals surface area contributed by atoms with E-state index in [4.69, 9.17) is 9.47 Å². The highest BCUT2D eigenvalue weighted by Gasteiger charge is 2.27. The standard InChI is InChI=1S/C15H19NO3/c1-16-12-5-2-10(3-6-12)15(17)11-4-7-13-14(8-11)19-9-18-13/h4,7-8,10,12,16H,2-3,5-6,9H2,1H3. The molecule has 0 amide bonds. The monoisotopic (exact) mass is 261 g/mol. The van der Waals surface area contributed by atoms with Gasteiger partial charge in [0.05, 0.1) is 0 Å². The molecule has 1 fully saturated rings. The minimum atomic E-state index is 0.157. The first-order valence-corrected chi connectivity index (χ1v) is 6.89. The largest absolute Gasteiger partial charge is 0.454 e. The fourth-order valence-corrected chi connectivity index (χ4v) is 2.93. The van der Waals surface area contributed by atoms with Crippen LogP contribution in [0.25, 0.3) is 0 Å². The molecule has 1 aliphatic heterocycles. The molecule has 1 saturated carbocycles. The number of hydrogen-bond acceptors (Lipinski definition) is 4. The van der Waals surface area contributed by atoms with E-state index in [1.54, 1.807) is 0 Å². The van der Waals surface area contributed by atoms with E-state index in [0.717, 1.165) is 37.0 Å². The Labute approximate surface area is 113 Å². The molecule has 0 spiro atoms. The molecule has 2 aliphatic rings. The van der Waals surface area contributed by atoms with Crippen LogP contribution in [0.2, 0.25) is 0 Å². The maximum atomic E-state index is 12.5. The molecule has 0 bridgehead atoms. The molecule has 4 heteroatoms. The lowest BCUT2D eigenvalue weighted by Crippen LogP contribution is -2.32. The van der Waals surface area contributed by atoms with Crippen molar-refractivity contribution in [2.75, 3.05) is 13.8 Å². The second kappa shape index (κ2) is 5.21. The Hall–Kier alpha value is -1.55. The number of Topliss-reactive ketones (excluding diaryl/α,β-unsaturated/α-hetero) is 1. The number of fused-ring (bicyclic) bond motifs is 1. The Morgan fingerprint density at radius 3 is 2.63 bits per heavy atom. The van der Waals surface area contributed by atoms with Crippen molar-refractivity contribution in [3.8, 4) is 11.5 Å². The third-order valence-electron chi connectivity index (χ3n) is 4.16. The van der Waals surface area contributed by atoms with Crippen LogP contribution in [0.5, 0.6) is 11.5 Å². The van der Waals surface area contributed by atoms with Gasteiger partial charge in [0.2, 0.25) is 6.79 Å². The second-order valence-electron chi connectivity index (χ2n) is 5.27. The van der Waals surface area contributed by atoms with Crippen LogP contribution in [0.15, 0.2) is 18.2 Å². The predicted octanol–water partition coefficient (Wildman–Crippen LogP) is 2.38. The van der Waals surface area contributed by atoms with Crippen LogP contribution in [0.4, 0.5) is 0 Å². The average molecular weight is 261 g/mol. The van der Waals surface area contributed by atoms with E-state index in [0.29, 0.717) is 11.8 Å². The summed E-state index contributed by atoms with van der Waals surface area (Å²) in [5.41, 5.74) is 0.747. The van der Waals surface area contributed by atoms with Gasteiger partial charge in [0, 0.05) is 17.5 Å². The quantitative estimate of drug-likeness (QED) is 0.849. The number of hydrogen-bond donors (Lipinski definition) is 1. The summed E-state index contributed by atoms with van der Waals surface area (Å²) >= 11 is 0. The zero-order valence-electron chi connectivity index (χ0n) is 11.1. The lowest BCUT2D eigenvalue weighted by Gasteiger charge is -2.27. The summed E-state index contributed by atoms with van der Waals surface area (Å²) in [7, 11) is 1.99. The molecule has 1 aliphatic carbocycles. The highest BCUT2D eigenvalue weighted by Crippen LogP contribution is 2.34. The van der Waals surface area contributed by atoms with Crippen molar-refractivity contribution in [2.24, 2.45) is 5.92 Å². The van der Waals surface area contributed by atoms with E-state index in [-0.39, 0.29) is 18.5 Å². The number of ketones is 1. The number of carbonyl (C=O) groups excluding carboxylic acids is 1. The van der Waals surface area contributed by atoms with E-state index < -0.39 is 0 Å². The van der Waals surface area contributed by atoms with E-state index in [9.17, 15) is 4.79 Å². The van der Waals surface area contributed by atoms with Crippen molar-refractivity contribution in [1.82, 2.24) is 5.32 Å². The van der Waals surface area contributed by atoms with Crippen molar-refractivity contribution in [1.29, 1.82) is 0 Å². The summed E-state index contributed by atoms with van der Waals surface area (Å²) in [6, 6.07) is 6.06. The SMILES string of the molecule is CNC1CCC(C(=O)c2ccc3c(c2)OCO3)CC1. The van der Waals surface area contributed by atoms with Gasteiger partial charge in [-0.2, -0.15) is 0 Å². The molecule has 1 N–H and O–H groups in total. The van der Waals surface area contributed by atoms with Gasteiger partial charge < -0.3 is 14.8 Å². The summed E-state index contributed by atoms with van der Waals surface area (Å²) in [4.78, 5) is 12.5. The van der Waals surface area contributed by atoms with Crippen LogP contribution in [-0.2, 0) is 0 Å². The van der Waals surface area contributed by atoms with Crippen molar-refractivity contribution < 1.29 is 14.3 Å². The van der Waals surface area contributed by atoms with E-state index >= 15 is 0 Å². The van der Waals surface area contributed by atoms with Crippen LogP contribution in [0.3, 0.4) is 0 Å². The first-order valence-electron chi connectivity index (χ1n) is 6.89. The molecule has 1 heterocycles. The van der Waals surface area contributed by atoms with Gasteiger partial charge in [0.25, 0.3) is 0 Å². The van der Waals surface area contributed by atoms with Gasteiger partial charge in [-0.15, -0.1) is 0 Å². The summed E-state index contributed by atoms with van der Waals surface area (Å²) in [5.74, 6) is 1.82. The van der Waals surface area contributed by atoms with E-state index in [1.165, 1.54) is 0 Å². The van der Waals surface area contributed by atoms with Gasteiger partial charge in [-0.3, -0.25) is 4.79 Å². The van der Waals surface area contributed by atoms with E-state index in [1.807, 2.05) is 25.2 Å². The van der Waals surface area contributed by atoms with E-state index in [2.05, 4.69) is 5.32 Å². The lowest BCUT2D eigenvalue weighted by atomic mass is 9.81. The molecule has 1 aromatic rings. The smallest absolute Gasteiger partial charge is 0.231 e. The fourth-order valence-electron chi connectivity index (χ4n) is 2.93. The second-order valence-corrected chi connectivity index (χ2v) is 5.27. The zero-order chi connectivity index (χ0) is 13.2. The van der Waals surface area contributed by atoms with Crippen molar-refractivity contribution in [3.63, 3.8) is 0 Å². The third-order valence-corrected chi connectivity index (χ3v) is 4.16. The summed E-state index contributed by atoms with van der Waals surface area (Å²) in [6.45, 7) is 0.250. The van der Waals surface area contributed by atoms with Crippen molar-refractivity contribution >= 4 is 5.78 Å². The number of ether oxygens (including phenoxy) is 2. The normalized spacial score (nSPS) is 25.3. The van der Waals surface area contributed by atoms with Crippen LogP contribution < -0.4 is 14.8 Å². The lowest BCUT2D eigenvalue weighted by molar-refractivity contribution is 0.0880. The molecule has 3 rings (SSSR count). The molecular weight excluding hydrogens is 242 g/mol. The molecule has 0 saturated heterocycles. The Morgan fingerprint density at radius 1 is 1.16 bits per heavy atom. The number of rotatable bonds is 3. The topological polar surface area (TPSA) is 47.6 Å². The van der Waals surface area contributed by atoms with Crippen LogP contribution >= 0.6 is 0 Å². The Balaban J connectivity index is 1.70. The third kappa shape index (κ3) is 2.45. The summed E-state index contributed by atoms with van der Waals surface area (Å²) in [6.07, 6.45) is 4.10. The van der Waals surface area contributed by atoms with Crippen molar-refractivity contribution in [2.45, 2.75) is 31.7 Å². The predicted molar refractivity (Wildman–Crippen MR) is 71.7 cm³/mol. The highest BCUT2D eigenvalue weighted by molar-refractivity contribution is 5.98. The molecular formula is C15H19NO3. The number of carbonyl (C=O) groups is 1. The van der Waals surface area contributed by atoms with Crippen LogP contribution in [0, 0.1) is 5.92 Å². The first kappa shape index (κ1) is 12.5. The van der Waals surface area contributed by atoms with Crippen molar-refractivity contribution in [3.05, 3.63) is 23.8 Å². The highest BCUT2D eigenvalue weighted by atomic mass is 16.7. The minimum Gasteiger partial charge on any atom is -0.454 e. The molecule has 0 aromatic heterocycles. The molecule has 102 valence electrons. The Kier molecular flexibility index (Phi) is 3.42. The van der Waals surface area contributed by atoms with Gasteiger partial charge in [-0.1, -0.05) is 0 Å². The minimum absolute atomic E-state index is 0.157. The number of nitrogens with one attached hydrogen (secondary N) is 1. The van der Waals surface area contributed by atoms with Gasteiger partial charge in [-0.25, -0.2) is 0 Å². The zero-order valence-corrected chi connectivity index (χ0v) is 11.1. The summed E-state index contributed by atoms with van der Waals surface area (Å²) in [5, 5.41) is 3.29. The molecule has 19 heavy (non-hydrogen) atoms. The molecule has 0 radical (unpaired) electrons. The fraction of sp³-hybridized carbons (Fsp3) is 0.533. The van der Waals surface area contributed by atoms with Crippen LogP contribution in [-0.4, -0.2) is 25.7 Å². The Bertz CT molecular complexity index is 478. The van der Waals surface area contributed by atoms with Gasteiger partial charge >= 0.3 is 0 Å². The molecule has 4 nitrogen and oxygen atoms in total. The first-order chi connectivity index (χ1) is 9.28. The van der Waals surface area contributed by atoms with Gasteiger partial charge in [0.15, 0.2) is 17.3 Å². The molecule has 0 atom stereocenters. The van der Waals surface area contributed by atoms with Gasteiger partial charge in [-0.05, 0) is 50.9 Å². The molecule has 1 aromatic carbocycles. The molecule has 0 unspecified atom stereocenters. The average Bonchev–Trinajstić information content (AvgIpc) is 2.94. The maximum absolute atomic E-state index is 12.5. The number of benzene rings is 1. The summed E-state index contributed by atoms with van der Waals surface area (Å²) < 4.78 is 10.6. The van der Waals surface area contributed by atoms with Gasteiger partial charge in [0.1, 0.15) is 0 Å².